The number of imidazole rings is 1. The van der Waals surface area contributed by atoms with Gasteiger partial charge in [0.2, 0.25) is 5.91 Å². The van der Waals surface area contributed by atoms with Gasteiger partial charge in [-0.2, -0.15) is 0 Å². The molecule has 3 rings (SSSR count). The van der Waals surface area contributed by atoms with Crippen molar-refractivity contribution >= 4 is 28.8 Å². The molecule has 6 N–H and O–H groups in total. The van der Waals surface area contributed by atoms with Gasteiger partial charge >= 0.3 is 0 Å². The Morgan fingerprint density at radius 2 is 2.00 bits per heavy atom. The fourth-order valence-electron chi connectivity index (χ4n) is 3.19. The van der Waals surface area contributed by atoms with Crippen LogP contribution in [0.25, 0.3) is 11.2 Å². The number of rotatable bonds is 8. The van der Waals surface area contributed by atoms with E-state index in [9.17, 15) is 19.8 Å². The number of nitrogens with zero attached hydrogens (tertiary/aromatic N) is 4. The van der Waals surface area contributed by atoms with E-state index in [4.69, 9.17) is 10.5 Å². The molecule has 4 atom stereocenters. The first-order valence-corrected chi connectivity index (χ1v) is 9.37. The summed E-state index contributed by atoms with van der Waals surface area (Å²) in [5.41, 5.74) is 6.41. The van der Waals surface area contributed by atoms with Gasteiger partial charge in [-0.1, -0.05) is 6.42 Å². The molecule has 29 heavy (non-hydrogen) atoms. The van der Waals surface area contributed by atoms with Gasteiger partial charge in [0.05, 0.1) is 6.33 Å². The van der Waals surface area contributed by atoms with Gasteiger partial charge in [0.15, 0.2) is 23.8 Å². The van der Waals surface area contributed by atoms with Crippen molar-refractivity contribution in [3.63, 3.8) is 0 Å². The molecule has 0 saturated carbocycles. The number of unbranched alkanes of at least 4 members (excludes halogenated alkanes) is 2. The van der Waals surface area contributed by atoms with Crippen LogP contribution in [0.5, 0.6) is 0 Å². The average molecular weight is 407 g/mol. The number of carbonyl (C=O) groups excluding carboxylic acids is 2. The minimum absolute atomic E-state index is 0.0180. The molecule has 1 aliphatic heterocycles. The van der Waals surface area contributed by atoms with Crippen LogP contribution in [0.3, 0.4) is 0 Å². The topological polar surface area (TPSA) is 178 Å². The van der Waals surface area contributed by atoms with E-state index in [-0.39, 0.29) is 11.7 Å². The number of amides is 2. The molecule has 0 unspecified atom stereocenters. The molecular weight excluding hydrogens is 382 g/mol. The van der Waals surface area contributed by atoms with Gasteiger partial charge < -0.3 is 31.3 Å². The minimum atomic E-state index is -1.41. The normalized spacial score (nSPS) is 24.0. The predicted octanol–water partition coefficient (Wildman–Crippen LogP) is -1.55. The lowest BCUT2D eigenvalue weighted by molar-refractivity contribution is -0.137. The Kier molecular flexibility index (Phi) is 6.56. The smallest absolute Gasteiger partial charge is 0.252 e. The first kappa shape index (κ1) is 20.9. The molecule has 3 heterocycles. The molecule has 0 bridgehead atoms. The molecule has 2 aromatic heterocycles. The van der Waals surface area contributed by atoms with Crippen molar-refractivity contribution in [1.82, 2.24) is 30.2 Å². The Labute approximate surface area is 166 Å². The van der Waals surface area contributed by atoms with E-state index in [0.29, 0.717) is 30.6 Å². The van der Waals surface area contributed by atoms with Gasteiger partial charge in [-0.3, -0.25) is 14.2 Å². The lowest BCUT2D eigenvalue weighted by atomic mass is 10.1. The number of anilines is 1. The van der Waals surface area contributed by atoms with Crippen LogP contribution < -0.4 is 16.4 Å². The number of aliphatic hydroxyl groups excluding tert-OH is 2. The Bertz CT molecular complexity index is 873. The summed E-state index contributed by atoms with van der Waals surface area (Å²) >= 11 is 0. The van der Waals surface area contributed by atoms with Crippen molar-refractivity contribution < 1.29 is 24.5 Å². The van der Waals surface area contributed by atoms with E-state index < -0.39 is 30.4 Å². The summed E-state index contributed by atoms with van der Waals surface area (Å²) < 4.78 is 7.03. The van der Waals surface area contributed by atoms with Crippen molar-refractivity contribution in [2.75, 3.05) is 19.3 Å². The Hall–Kier alpha value is -2.83. The van der Waals surface area contributed by atoms with Crippen molar-refractivity contribution in [2.45, 2.75) is 50.2 Å². The third-order valence-corrected chi connectivity index (χ3v) is 4.82. The Morgan fingerprint density at radius 3 is 2.76 bits per heavy atom. The van der Waals surface area contributed by atoms with Crippen molar-refractivity contribution in [3.8, 4) is 0 Å². The maximum atomic E-state index is 12.4. The van der Waals surface area contributed by atoms with Gasteiger partial charge in [-0.25, -0.2) is 15.0 Å². The first-order chi connectivity index (χ1) is 13.9. The van der Waals surface area contributed by atoms with Crippen LogP contribution in [-0.2, 0) is 14.3 Å². The number of aliphatic hydroxyl groups is 2. The standard InChI is InChI=1S/C17H25N7O5/c1-19-9(25)5-3-2-4-6-20-16(28)13-11(26)12(27)17(29-13)24-8-23-10-14(18)21-7-22-15(10)24/h7-8,11-13,17,26-27H,2-6H2,1H3,(H,19,25)(H,20,28)(H2,18,21,22)/t11-,12+,13-,17+/m0/s1. The molecule has 0 spiro atoms. The SMILES string of the molecule is CNC(=O)CCCCCNC(=O)[C@H]1O[C@@H](n2cnc3c(N)ncnc32)[C@H](O)[C@@H]1O. The summed E-state index contributed by atoms with van der Waals surface area (Å²) in [5, 5.41) is 25.9. The number of hydrogen-bond acceptors (Lipinski definition) is 9. The van der Waals surface area contributed by atoms with Gasteiger partial charge in [-0.05, 0) is 12.8 Å². The molecule has 2 aromatic rings. The highest BCUT2D eigenvalue weighted by atomic mass is 16.6. The van der Waals surface area contributed by atoms with E-state index in [1.807, 2.05) is 0 Å². The van der Waals surface area contributed by atoms with Gasteiger partial charge in [-0.15, -0.1) is 0 Å². The molecule has 12 nitrogen and oxygen atoms in total. The summed E-state index contributed by atoms with van der Waals surface area (Å²) in [7, 11) is 1.59. The largest absolute Gasteiger partial charge is 0.387 e. The highest BCUT2D eigenvalue weighted by Gasteiger charge is 2.47. The highest BCUT2D eigenvalue weighted by molar-refractivity contribution is 5.82. The lowest BCUT2D eigenvalue weighted by Crippen LogP contribution is -2.43. The first-order valence-electron chi connectivity index (χ1n) is 9.37. The summed E-state index contributed by atoms with van der Waals surface area (Å²) in [4.78, 5) is 35.6. The maximum Gasteiger partial charge on any atom is 0.252 e. The van der Waals surface area contributed by atoms with E-state index in [1.165, 1.54) is 17.2 Å². The Morgan fingerprint density at radius 1 is 1.21 bits per heavy atom. The number of hydrogen-bond donors (Lipinski definition) is 5. The van der Waals surface area contributed by atoms with Crippen LogP contribution in [-0.4, -0.2) is 73.5 Å². The third kappa shape index (κ3) is 4.44. The minimum Gasteiger partial charge on any atom is -0.387 e. The number of carbonyl (C=O) groups is 2. The summed E-state index contributed by atoms with van der Waals surface area (Å²) in [6.45, 7) is 0.373. The fourth-order valence-corrected chi connectivity index (χ4v) is 3.19. The monoisotopic (exact) mass is 407 g/mol. The number of nitrogen functional groups attached to an aromatic ring is 1. The third-order valence-electron chi connectivity index (χ3n) is 4.82. The molecule has 1 saturated heterocycles. The highest BCUT2D eigenvalue weighted by Crippen LogP contribution is 2.32. The predicted molar refractivity (Wildman–Crippen MR) is 101 cm³/mol. The molecular formula is C17H25N7O5. The van der Waals surface area contributed by atoms with Gasteiger partial charge in [0.1, 0.15) is 24.1 Å². The van der Waals surface area contributed by atoms with E-state index >= 15 is 0 Å². The lowest BCUT2D eigenvalue weighted by Gasteiger charge is -2.16. The number of fused-ring (bicyclic) bond motifs is 1. The zero-order chi connectivity index (χ0) is 21.0. The Balaban J connectivity index is 1.55. The summed E-state index contributed by atoms with van der Waals surface area (Å²) in [6.07, 6.45) is 0.176. The van der Waals surface area contributed by atoms with Crippen LogP contribution in [0.1, 0.15) is 31.9 Å². The zero-order valence-corrected chi connectivity index (χ0v) is 16.0. The summed E-state index contributed by atoms with van der Waals surface area (Å²) in [5.74, 6) is -0.369. The fraction of sp³-hybridized carbons (Fsp3) is 0.588. The molecule has 0 aliphatic carbocycles. The van der Waals surface area contributed by atoms with Crippen LogP contribution in [0.15, 0.2) is 12.7 Å². The van der Waals surface area contributed by atoms with Crippen LogP contribution in [0, 0.1) is 0 Å². The second-order valence-electron chi connectivity index (χ2n) is 6.79. The number of aromatic nitrogens is 4. The second kappa shape index (κ2) is 9.11. The van der Waals surface area contributed by atoms with Crippen LogP contribution >= 0.6 is 0 Å². The quantitative estimate of drug-likeness (QED) is 0.324. The average Bonchev–Trinajstić information content (AvgIpc) is 3.26. The molecule has 158 valence electrons. The van der Waals surface area contributed by atoms with E-state index in [0.717, 1.165) is 12.8 Å². The number of ether oxygens (including phenoxy) is 1. The second-order valence-corrected chi connectivity index (χ2v) is 6.79. The molecule has 1 aliphatic rings. The maximum absolute atomic E-state index is 12.4. The number of nitrogens with one attached hydrogen (secondary N) is 2. The van der Waals surface area contributed by atoms with E-state index in [1.54, 1.807) is 7.05 Å². The number of nitrogens with two attached hydrogens (primary N) is 1. The molecule has 0 aromatic carbocycles. The zero-order valence-electron chi connectivity index (χ0n) is 16.0. The molecule has 1 fully saturated rings. The van der Waals surface area contributed by atoms with E-state index in [2.05, 4.69) is 25.6 Å². The van der Waals surface area contributed by atoms with Gasteiger partial charge in [0, 0.05) is 20.0 Å². The van der Waals surface area contributed by atoms with Crippen LogP contribution in [0.4, 0.5) is 5.82 Å². The molecule has 0 radical (unpaired) electrons. The molecule has 12 heteroatoms. The van der Waals surface area contributed by atoms with Crippen LogP contribution in [0.2, 0.25) is 0 Å². The van der Waals surface area contributed by atoms with Gasteiger partial charge in [0.25, 0.3) is 5.91 Å². The van der Waals surface area contributed by atoms with Crippen molar-refractivity contribution in [1.29, 1.82) is 0 Å². The molecule has 2 amide bonds. The summed E-state index contributed by atoms with van der Waals surface area (Å²) in [6, 6.07) is 0. The van der Waals surface area contributed by atoms with Crippen molar-refractivity contribution in [3.05, 3.63) is 12.7 Å². The van der Waals surface area contributed by atoms with Crippen molar-refractivity contribution in [2.24, 2.45) is 0 Å².